The summed E-state index contributed by atoms with van der Waals surface area (Å²) in [4.78, 5) is 12.5. The van der Waals surface area contributed by atoms with Gasteiger partial charge in [0.2, 0.25) is 5.91 Å². The smallest absolute Gasteiger partial charge is 0.229 e. The van der Waals surface area contributed by atoms with Crippen molar-refractivity contribution in [1.29, 1.82) is 0 Å². The first kappa shape index (κ1) is 18.3. The highest BCUT2D eigenvalue weighted by atomic mass is 32.2. The van der Waals surface area contributed by atoms with E-state index in [1.54, 1.807) is 0 Å². The van der Waals surface area contributed by atoms with Crippen LogP contribution in [0.25, 0.3) is 5.69 Å². The first-order chi connectivity index (χ1) is 13.3. The number of aromatic nitrogens is 2. The highest BCUT2D eigenvalue weighted by Crippen LogP contribution is 2.33. The molecule has 28 heavy (non-hydrogen) atoms. The summed E-state index contributed by atoms with van der Waals surface area (Å²) in [6.07, 6.45) is -0.0175. The number of amides is 1. The maximum Gasteiger partial charge on any atom is 0.229 e. The van der Waals surface area contributed by atoms with Gasteiger partial charge in [-0.15, -0.1) is 0 Å². The molecule has 6 nitrogen and oxygen atoms in total. The standard InChI is InChI=1S/C19H15F2N3O3S/c20-13-3-1-12(2-4-13)9-18(25)22-19-16-10-28(26,27)11-17(16)23-24(19)15-7-5-14(21)6-8-15/h1-8H,9-11H2,(H,22,25). The Kier molecular flexibility index (Phi) is 4.46. The van der Waals surface area contributed by atoms with Crippen LogP contribution in [0.5, 0.6) is 0 Å². The van der Waals surface area contributed by atoms with Crippen molar-refractivity contribution in [2.75, 3.05) is 5.32 Å². The van der Waals surface area contributed by atoms with Gasteiger partial charge in [0.15, 0.2) is 9.84 Å². The van der Waals surface area contributed by atoms with Gasteiger partial charge in [-0.1, -0.05) is 12.1 Å². The van der Waals surface area contributed by atoms with Gasteiger partial charge in [-0.3, -0.25) is 4.79 Å². The van der Waals surface area contributed by atoms with E-state index in [0.29, 0.717) is 22.5 Å². The first-order valence-corrected chi connectivity index (χ1v) is 10.2. The van der Waals surface area contributed by atoms with Crippen LogP contribution in [0.2, 0.25) is 0 Å². The molecule has 0 bridgehead atoms. The van der Waals surface area contributed by atoms with E-state index in [1.807, 2.05) is 0 Å². The molecule has 0 aliphatic carbocycles. The summed E-state index contributed by atoms with van der Waals surface area (Å²) in [7, 11) is -3.32. The van der Waals surface area contributed by atoms with Crippen LogP contribution in [0.3, 0.4) is 0 Å². The Labute approximate surface area is 159 Å². The van der Waals surface area contributed by atoms with Crippen LogP contribution in [0.1, 0.15) is 16.8 Å². The highest BCUT2D eigenvalue weighted by molar-refractivity contribution is 7.90. The zero-order valence-corrected chi connectivity index (χ0v) is 15.3. The number of anilines is 1. The van der Waals surface area contributed by atoms with Crippen molar-refractivity contribution in [1.82, 2.24) is 9.78 Å². The number of carbonyl (C=O) groups excluding carboxylic acids is 1. The molecular formula is C19H15F2N3O3S. The molecule has 4 rings (SSSR count). The van der Waals surface area contributed by atoms with E-state index >= 15 is 0 Å². The maximum atomic E-state index is 13.2. The van der Waals surface area contributed by atoms with Crippen molar-refractivity contribution < 1.29 is 22.0 Å². The molecule has 144 valence electrons. The lowest BCUT2D eigenvalue weighted by Crippen LogP contribution is -2.18. The van der Waals surface area contributed by atoms with Gasteiger partial charge < -0.3 is 5.32 Å². The molecule has 0 atom stereocenters. The summed E-state index contributed by atoms with van der Waals surface area (Å²) in [5.41, 5.74) is 1.89. The van der Waals surface area contributed by atoms with Crippen LogP contribution in [0, 0.1) is 11.6 Å². The Bertz CT molecular complexity index is 1150. The molecule has 1 aliphatic heterocycles. The Morgan fingerprint density at radius 1 is 1.00 bits per heavy atom. The van der Waals surface area contributed by atoms with Crippen LogP contribution in [0.4, 0.5) is 14.6 Å². The number of hydrogen-bond donors (Lipinski definition) is 1. The molecule has 0 unspecified atom stereocenters. The molecule has 9 heteroatoms. The van der Waals surface area contributed by atoms with E-state index in [9.17, 15) is 22.0 Å². The van der Waals surface area contributed by atoms with Crippen molar-refractivity contribution >= 4 is 21.6 Å². The molecule has 0 radical (unpaired) electrons. The molecule has 2 aromatic carbocycles. The van der Waals surface area contributed by atoms with Gasteiger partial charge in [0, 0.05) is 5.56 Å². The first-order valence-electron chi connectivity index (χ1n) is 8.42. The van der Waals surface area contributed by atoms with Crippen LogP contribution >= 0.6 is 0 Å². The summed E-state index contributed by atoms with van der Waals surface area (Å²) >= 11 is 0. The third-order valence-electron chi connectivity index (χ3n) is 4.39. The van der Waals surface area contributed by atoms with Crippen molar-refractivity contribution in [3.05, 3.63) is 77.0 Å². The van der Waals surface area contributed by atoms with E-state index < -0.39 is 27.4 Å². The van der Waals surface area contributed by atoms with Crippen molar-refractivity contribution in [3.8, 4) is 5.69 Å². The Morgan fingerprint density at radius 3 is 2.25 bits per heavy atom. The van der Waals surface area contributed by atoms with Gasteiger partial charge in [0.05, 0.1) is 29.3 Å². The van der Waals surface area contributed by atoms with E-state index in [4.69, 9.17) is 0 Å². The van der Waals surface area contributed by atoms with Crippen LogP contribution in [0.15, 0.2) is 48.5 Å². The maximum absolute atomic E-state index is 13.2. The predicted octanol–water partition coefficient (Wildman–Crippen LogP) is 2.76. The fraction of sp³-hybridized carbons (Fsp3) is 0.158. The number of benzene rings is 2. The molecule has 3 aromatic rings. The van der Waals surface area contributed by atoms with Crippen LogP contribution in [-0.4, -0.2) is 24.1 Å². The molecule has 1 aliphatic rings. The van der Waals surface area contributed by atoms with Gasteiger partial charge in [-0.05, 0) is 42.0 Å². The van der Waals surface area contributed by atoms with E-state index in [2.05, 4.69) is 10.4 Å². The van der Waals surface area contributed by atoms with Gasteiger partial charge in [0.25, 0.3) is 0 Å². The number of fused-ring (bicyclic) bond motifs is 1. The lowest BCUT2D eigenvalue weighted by Gasteiger charge is -2.11. The summed E-state index contributed by atoms with van der Waals surface area (Å²) < 4.78 is 51.6. The average Bonchev–Trinajstić information content (AvgIpc) is 3.10. The molecule has 1 amide bonds. The largest absolute Gasteiger partial charge is 0.310 e. The number of nitrogens with zero attached hydrogens (tertiary/aromatic N) is 2. The molecule has 1 N–H and O–H groups in total. The zero-order chi connectivity index (χ0) is 19.9. The Morgan fingerprint density at radius 2 is 1.61 bits per heavy atom. The summed E-state index contributed by atoms with van der Waals surface area (Å²) in [5, 5.41) is 7.02. The molecule has 0 fully saturated rings. The van der Waals surface area contributed by atoms with Crippen molar-refractivity contribution in [3.63, 3.8) is 0 Å². The van der Waals surface area contributed by atoms with Crippen molar-refractivity contribution in [2.24, 2.45) is 0 Å². The molecule has 1 aromatic heterocycles. The minimum absolute atomic E-state index is 0.0175. The highest BCUT2D eigenvalue weighted by Gasteiger charge is 2.33. The number of carbonyl (C=O) groups is 1. The average molecular weight is 403 g/mol. The topological polar surface area (TPSA) is 81.1 Å². The third-order valence-corrected chi connectivity index (χ3v) is 5.84. The zero-order valence-electron chi connectivity index (χ0n) is 14.5. The van der Waals surface area contributed by atoms with Crippen LogP contribution in [-0.2, 0) is 32.6 Å². The monoisotopic (exact) mass is 403 g/mol. The SMILES string of the molecule is O=C(Cc1ccc(F)cc1)Nc1c2c(nn1-c1ccc(F)cc1)CS(=O)(=O)C2. The normalized spacial score (nSPS) is 14.6. The number of halogens is 2. The number of sulfone groups is 1. The number of hydrogen-bond acceptors (Lipinski definition) is 4. The van der Waals surface area contributed by atoms with Gasteiger partial charge in [-0.25, -0.2) is 21.9 Å². The van der Waals surface area contributed by atoms with Gasteiger partial charge >= 0.3 is 0 Å². The minimum atomic E-state index is -3.32. The fourth-order valence-electron chi connectivity index (χ4n) is 3.10. The Balaban J connectivity index is 1.67. The van der Waals surface area contributed by atoms with E-state index in [0.717, 1.165) is 0 Å². The fourth-order valence-corrected chi connectivity index (χ4v) is 4.60. The van der Waals surface area contributed by atoms with Crippen molar-refractivity contribution in [2.45, 2.75) is 17.9 Å². The lowest BCUT2D eigenvalue weighted by molar-refractivity contribution is -0.115. The van der Waals surface area contributed by atoms with Gasteiger partial charge in [-0.2, -0.15) is 5.10 Å². The summed E-state index contributed by atoms with van der Waals surface area (Å²) in [6.45, 7) is 0. The molecule has 0 saturated heterocycles. The minimum Gasteiger partial charge on any atom is -0.310 e. The Hall–Kier alpha value is -3.07. The number of rotatable bonds is 4. The second kappa shape index (κ2) is 6.83. The predicted molar refractivity (Wildman–Crippen MR) is 98.6 cm³/mol. The summed E-state index contributed by atoms with van der Waals surface area (Å²) in [5.74, 6) is -1.42. The summed E-state index contributed by atoms with van der Waals surface area (Å²) in [6, 6.07) is 11.0. The molecule has 0 spiro atoms. The van der Waals surface area contributed by atoms with Gasteiger partial charge in [0.1, 0.15) is 17.5 Å². The molecular weight excluding hydrogens is 388 g/mol. The van der Waals surface area contributed by atoms with E-state index in [1.165, 1.54) is 53.2 Å². The lowest BCUT2D eigenvalue weighted by atomic mass is 10.1. The second-order valence-electron chi connectivity index (χ2n) is 6.55. The van der Waals surface area contributed by atoms with E-state index in [-0.39, 0.29) is 23.7 Å². The third kappa shape index (κ3) is 3.65. The second-order valence-corrected chi connectivity index (χ2v) is 8.61. The van der Waals surface area contributed by atoms with Crippen LogP contribution < -0.4 is 5.32 Å². The molecule has 0 saturated carbocycles. The quantitative estimate of drug-likeness (QED) is 0.726. The number of nitrogens with one attached hydrogen (secondary N) is 1. The molecule has 2 heterocycles.